The molecule has 0 saturated carbocycles. The van der Waals surface area contributed by atoms with Crippen LogP contribution in [0.1, 0.15) is 42.5 Å². The Morgan fingerprint density at radius 2 is 1.51 bits per heavy atom. The van der Waals surface area contributed by atoms with Gasteiger partial charge in [-0.3, -0.25) is 0 Å². The van der Waals surface area contributed by atoms with Gasteiger partial charge in [0.1, 0.15) is 0 Å². The normalized spacial score (nSPS) is 12.5. The summed E-state index contributed by atoms with van der Waals surface area (Å²) in [6.07, 6.45) is 0.942. The number of benzene rings is 3. The standard InChI is InChI=1S/C34H32IN2O2/c1-4-21-35-30-18-12-17-28-32(27(5-2)22-37(3)33(28)30)29-19-20-31(38-23-25-13-8-6-9-14-25)36-34(29)39-24-26-15-10-7-11-16-26/h6-20H,5,22-24H2,1-3H3/q-1. The fourth-order valence-electron chi connectivity index (χ4n) is 4.80. The molecule has 4 aromatic rings. The third-order valence-electron chi connectivity index (χ3n) is 6.64. The number of ether oxygens (including phenoxy) is 2. The number of hydrogen-bond acceptors (Lipinski definition) is 4. The molecule has 39 heavy (non-hydrogen) atoms. The first-order valence-corrected chi connectivity index (χ1v) is 15.3. The van der Waals surface area contributed by atoms with Crippen molar-refractivity contribution in [3.8, 4) is 21.6 Å². The van der Waals surface area contributed by atoms with Crippen molar-refractivity contribution in [2.75, 3.05) is 18.5 Å². The molecule has 0 spiro atoms. The second kappa shape index (κ2) is 12.9. The van der Waals surface area contributed by atoms with Gasteiger partial charge in [-0.25, -0.2) is 0 Å². The number of pyridine rings is 1. The summed E-state index contributed by atoms with van der Waals surface area (Å²) in [5.41, 5.74) is 8.28. The third kappa shape index (κ3) is 6.29. The minimum absolute atomic E-state index is 0.397. The Hall–Kier alpha value is -3.76. The van der Waals surface area contributed by atoms with E-state index in [0.29, 0.717) is 25.0 Å². The number of aromatic nitrogens is 1. The number of halogens is 1. The molecule has 0 N–H and O–H groups in total. The summed E-state index contributed by atoms with van der Waals surface area (Å²) in [7, 11) is 2.18. The van der Waals surface area contributed by atoms with Gasteiger partial charge in [0, 0.05) is 0 Å². The van der Waals surface area contributed by atoms with Gasteiger partial charge in [0.15, 0.2) is 0 Å². The van der Waals surface area contributed by atoms with E-state index < -0.39 is 21.2 Å². The van der Waals surface area contributed by atoms with E-state index in [9.17, 15) is 0 Å². The topological polar surface area (TPSA) is 34.6 Å². The Bertz CT molecular complexity index is 1520. The summed E-state index contributed by atoms with van der Waals surface area (Å²) < 4.78 is 17.3. The number of fused-ring (bicyclic) bond motifs is 1. The molecule has 4 nitrogen and oxygen atoms in total. The summed E-state index contributed by atoms with van der Waals surface area (Å²) >= 11 is -0.397. The summed E-state index contributed by atoms with van der Waals surface area (Å²) in [6, 6.07) is 31.1. The van der Waals surface area contributed by atoms with E-state index in [1.165, 1.54) is 26.0 Å². The van der Waals surface area contributed by atoms with Gasteiger partial charge in [0.25, 0.3) is 0 Å². The summed E-state index contributed by atoms with van der Waals surface area (Å²) in [4.78, 5) is 7.28. The number of nitrogens with zero attached hydrogens (tertiary/aromatic N) is 2. The Morgan fingerprint density at radius 3 is 2.18 bits per heavy atom. The van der Waals surface area contributed by atoms with Crippen LogP contribution in [0.15, 0.2) is 96.6 Å². The quantitative estimate of drug-likeness (QED) is 0.207. The van der Waals surface area contributed by atoms with Gasteiger partial charge in [-0.2, -0.15) is 0 Å². The van der Waals surface area contributed by atoms with Gasteiger partial charge >= 0.3 is 225 Å². The van der Waals surface area contributed by atoms with Gasteiger partial charge in [0.2, 0.25) is 0 Å². The molecule has 0 aliphatic carbocycles. The van der Waals surface area contributed by atoms with Crippen LogP contribution in [-0.4, -0.2) is 18.6 Å². The number of anilines is 1. The molecule has 1 aliphatic heterocycles. The monoisotopic (exact) mass is 627 g/mol. The molecule has 0 atom stereocenters. The molecular weight excluding hydrogens is 595 g/mol. The van der Waals surface area contributed by atoms with Gasteiger partial charge < -0.3 is 0 Å². The molecule has 0 unspecified atom stereocenters. The Morgan fingerprint density at radius 1 is 0.821 bits per heavy atom. The molecule has 1 aliphatic rings. The summed E-state index contributed by atoms with van der Waals surface area (Å²) in [5.74, 6) is 4.24. The Kier molecular flexibility index (Phi) is 8.85. The predicted octanol–water partition coefficient (Wildman–Crippen LogP) is 4.14. The molecule has 198 valence electrons. The van der Waals surface area contributed by atoms with Crippen LogP contribution in [0.5, 0.6) is 11.8 Å². The Labute approximate surface area is 242 Å². The SMILES string of the molecule is CC#C[I-]c1cccc2c1N(C)CC(CC)=C2c1ccc(OCc2ccccc2)nc1OCc1ccccc1. The second-order valence-corrected chi connectivity index (χ2v) is 11.6. The first kappa shape index (κ1) is 26.8. The summed E-state index contributed by atoms with van der Waals surface area (Å²) in [6.45, 7) is 5.89. The van der Waals surface area contributed by atoms with Gasteiger partial charge in [0.05, 0.1) is 0 Å². The van der Waals surface area contributed by atoms with Crippen LogP contribution in [0.2, 0.25) is 0 Å². The first-order chi connectivity index (χ1) is 19.2. The number of hydrogen-bond donors (Lipinski definition) is 0. The zero-order valence-electron chi connectivity index (χ0n) is 22.6. The van der Waals surface area contributed by atoms with Crippen molar-refractivity contribution in [3.05, 3.63) is 122 Å². The molecule has 3 aromatic carbocycles. The van der Waals surface area contributed by atoms with Gasteiger partial charge in [-0.05, 0) is 0 Å². The Balaban J connectivity index is 1.57. The second-order valence-electron chi connectivity index (χ2n) is 9.31. The van der Waals surface area contributed by atoms with Crippen molar-refractivity contribution < 1.29 is 30.7 Å². The summed E-state index contributed by atoms with van der Waals surface area (Å²) in [5, 5.41) is 0. The van der Waals surface area contributed by atoms with Crippen molar-refractivity contribution in [3.63, 3.8) is 0 Å². The zero-order valence-corrected chi connectivity index (χ0v) is 24.7. The van der Waals surface area contributed by atoms with E-state index >= 15 is 0 Å². The van der Waals surface area contributed by atoms with Crippen LogP contribution in [0.3, 0.4) is 0 Å². The number of likely N-dealkylation sites (N-methyl/N-ethyl adjacent to an activating group) is 1. The van der Waals surface area contributed by atoms with Crippen LogP contribution < -0.4 is 35.6 Å². The van der Waals surface area contributed by atoms with Crippen molar-refractivity contribution in [1.29, 1.82) is 0 Å². The molecule has 2 heterocycles. The molecule has 0 radical (unpaired) electrons. The van der Waals surface area contributed by atoms with E-state index in [2.05, 4.69) is 77.2 Å². The van der Waals surface area contributed by atoms with Crippen LogP contribution in [0.25, 0.3) is 5.57 Å². The van der Waals surface area contributed by atoms with E-state index in [0.717, 1.165) is 29.7 Å². The maximum atomic E-state index is 6.44. The average Bonchev–Trinajstić information content (AvgIpc) is 2.99. The number of rotatable bonds is 9. The zero-order chi connectivity index (χ0) is 27.0. The van der Waals surface area contributed by atoms with Crippen molar-refractivity contribution in [1.82, 2.24) is 4.98 Å². The van der Waals surface area contributed by atoms with E-state index in [1.54, 1.807) is 0 Å². The first-order valence-electron chi connectivity index (χ1n) is 13.1. The molecule has 0 fully saturated rings. The average molecular weight is 628 g/mol. The molecule has 0 saturated heterocycles. The number of para-hydroxylation sites is 1. The van der Waals surface area contributed by atoms with Gasteiger partial charge in [-0.15, -0.1) is 0 Å². The van der Waals surface area contributed by atoms with Crippen LogP contribution in [0, 0.1) is 13.4 Å². The van der Waals surface area contributed by atoms with E-state index in [-0.39, 0.29) is 0 Å². The van der Waals surface area contributed by atoms with Crippen LogP contribution in [0.4, 0.5) is 5.69 Å². The molecule has 0 bridgehead atoms. The molecular formula is C34H32IN2O2-. The van der Waals surface area contributed by atoms with Crippen molar-refractivity contribution in [2.45, 2.75) is 33.5 Å². The fourth-order valence-corrected chi connectivity index (χ4v) is 6.71. The van der Waals surface area contributed by atoms with Crippen molar-refractivity contribution in [2.24, 2.45) is 0 Å². The van der Waals surface area contributed by atoms with Crippen LogP contribution in [-0.2, 0) is 13.2 Å². The predicted molar refractivity (Wildman–Crippen MR) is 154 cm³/mol. The molecule has 5 heteroatoms. The van der Waals surface area contributed by atoms with Gasteiger partial charge in [-0.1, -0.05) is 18.2 Å². The fraction of sp³-hybridized carbons (Fsp3) is 0.206. The van der Waals surface area contributed by atoms with E-state index in [1.807, 2.05) is 49.4 Å². The third-order valence-corrected chi connectivity index (χ3v) is 8.90. The van der Waals surface area contributed by atoms with Crippen molar-refractivity contribution >= 4 is 11.3 Å². The molecule has 1 aromatic heterocycles. The van der Waals surface area contributed by atoms with Crippen LogP contribution >= 0.6 is 0 Å². The van der Waals surface area contributed by atoms with E-state index in [4.69, 9.17) is 14.5 Å². The molecule has 0 amide bonds. The minimum atomic E-state index is -0.397. The maximum absolute atomic E-state index is 6.44. The molecule has 5 rings (SSSR count).